The van der Waals surface area contributed by atoms with Gasteiger partial charge in [0.2, 0.25) is 0 Å². The van der Waals surface area contributed by atoms with Crippen molar-refractivity contribution in [2.75, 3.05) is 6.61 Å². The zero-order chi connectivity index (χ0) is 13.9. The number of hydrogen-bond acceptors (Lipinski definition) is 2. The quantitative estimate of drug-likeness (QED) is 0.794. The second-order valence-electron chi connectivity index (χ2n) is 5.01. The number of Topliss-reactive ketones (excluding diaryl/α,β-unsaturated/α-hetero) is 1. The van der Waals surface area contributed by atoms with Crippen LogP contribution in [0, 0.1) is 5.82 Å². The molecule has 0 radical (unpaired) electrons. The first-order valence-corrected chi connectivity index (χ1v) is 6.76. The Morgan fingerprint density at radius 3 is 2.80 bits per heavy atom. The monoisotopic (exact) mass is 270 g/mol. The van der Waals surface area contributed by atoms with Crippen LogP contribution in [0.25, 0.3) is 0 Å². The summed E-state index contributed by atoms with van der Waals surface area (Å²) < 4.78 is 18.3. The predicted octanol–water partition coefficient (Wildman–Crippen LogP) is 3.58. The third kappa shape index (κ3) is 2.72. The SMILES string of the molecule is O=C(COc1cccc(F)c1)c1ccc2c(c1)CCC2. The van der Waals surface area contributed by atoms with E-state index in [9.17, 15) is 9.18 Å². The summed E-state index contributed by atoms with van der Waals surface area (Å²) in [4.78, 5) is 12.1. The molecule has 2 nitrogen and oxygen atoms in total. The van der Waals surface area contributed by atoms with Crippen LogP contribution in [-0.2, 0) is 12.8 Å². The fourth-order valence-corrected chi connectivity index (χ4v) is 2.53. The molecule has 0 saturated carbocycles. The minimum Gasteiger partial charge on any atom is -0.485 e. The number of aryl methyl sites for hydroxylation is 2. The number of halogens is 1. The first kappa shape index (κ1) is 12.9. The molecular formula is C17H15FO2. The summed E-state index contributed by atoms with van der Waals surface area (Å²) in [6.07, 6.45) is 3.30. The molecule has 102 valence electrons. The molecule has 2 aromatic carbocycles. The highest BCUT2D eigenvalue weighted by atomic mass is 19.1. The molecular weight excluding hydrogens is 255 g/mol. The second kappa shape index (κ2) is 5.45. The lowest BCUT2D eigenvalue weighted by Crippen LogP contribution is -2.12. The van der Waals surface area contributed by atoms with E-state index in [0.717, 1.165) is 19.3 Å². The topological polar surface area (TPSA) is 26.3 Å². The third-order valence-corrected chi connectivity index (χ3v) is 3.59. The van der Waals surface area contributed by atoms with E-state index in [1.54, 1.807) is 12.1 Å². The van der Waals surface area contributed by atoms with Crippen LogP contribution in [0.3, 0.4) is 0 Å². The number of ketones is 1. The molecule has 0 spiro atoms. The van der Waals surface area contributed by atoms with E-state index in [1.165, 1.54) is 23.3 Å². The van der Waals surface area contributed by atoms with Gasteiger partial charge in [0, 0.05) is 11.6 Å². The Hall–Kier alpha value is -2.16. The largest absolute Gasteiger partial charge is 0.485 e. The van der Waals surface area contributed by atoms with Crippen LogP contribution in [0.1, 0.15) is 27.9 Å². The van der Waals surface area contributed by atoms with Gasteiger partial charge in [-0.25, -0.2) is 4.39 Å². The van der Waals surface area contributed by atoms with Gasteiger partial charge < -0.3 is 4.74 Å². The van der Waals surface area contributed by atoms with Crippen LogP contribution in [0.15, 0.2) is 42.5 Å². The maximum Gasteiger partial charge on any atom is 0.200 e. The maximum atomic E-state index is 13.0. The van der Waals surface area contributed by atoms with Crippen LogP contribution in [0.5, 0.6) is 5.75 Å². The third-order valence-electron chi connectivity index (χ3n) is 3.59. The van der Waals surface area contributed by atoms with Crippen molar-refractivity contribution in [1.82, 2.24) is 0 Å². The Balaban J connectivity index is 1.67. The predicted molar refractivity (Wildman–Crippen MR) is 74.7 cm³/mol. The molecule has 20 heavy (non-hydrogen) atoms. The number of carbonyl (C=O) groups excluding carboxylic acids is 1. The van der Waals surface area contributed by atoms with Crippen molar-refractivity contribution in [2.45, 2.75) is 19.3 Å². The summed E-state index contributed by atoms with van der Waals surface area (Å²) >= 11 is 0. The van der Waals surface area contributed by atoms with Gasteiger partial charge in [0.25, 0.3) is 0 Å². The molecule has 3 rings (SSSR count). The molecule has 0 fully saturated rings. The van der Waals surface area contributed by atoms with Crippen LogP contribution in [0.2, 0.25) is 0 Å². The first-order valence-electron chi connectivity index (χ1n) is 6.76. The van der Waals surface area contributed by atoms with Crippen molar-refractivity contribution >= 4 is 5.78 Å². The number of rotatable bonds is 4. The fourth-order valence-electron chi connectivity index (χ4n) is 2.53. The molecule has 3 heteroatoms. The minimum absolute atomic E-state index is 0.0672. The molecule has 0 heterocycles. The Bertz CT molecular complexity index is 649. The van der Waals surface area contributed by atoms with Gasteiger partial charge in [-0.05, 0) is 48.6 Å². The number of carbonyl (C=O) groups is 1. The van der Waals surface area contributed by atoms with E-state index >= 15 is 0 Å². The molecule has 2 aromatic rings. The maximum absolute atomic E-state index is 13.0. The Morgan fingerprint density at radius 1 is 1.10 bits per heavy atom. The molecule has 0 atom stereocenters. The molecule has 0 bridgehead atoms. The second-order valence-corrected chi connectivity index (χ2v) is 5.01. The fraction of sp³-hybridized carbons (Fsp3) is 0.235. The zero-order valence-electron chi connectivity index (χ0n) is 11.1. The lowest BCUT2D eigenvalue weighted by molar-refractivity contribution is 0.0921. The van der Waals surface area contributed by atoms with E-state index in [2.05, 4.69) is 0 Å². The van der Waals surface area contributed by atoms with Gasteiger partial charge in [-0.15, -0.1) is 0 Å². The molecule has 0 amide bonds. The van der Waals surface area contributed by atoms with Gasteiger partial charge in [-0.1, -0.05) is 18.2 Å². The van der Waals surface area contributed by atoms with Crippen molar-refractivity contribution < 1.29 is 13.9 Å². The molecule has 1 aliphatic carbocycles. The summed E-state index contributed by atoms with van der Waals surface area (Å²) in [5.41, 5.74) is 3.27. The highest BCUT2D eigenvalue weighted by Gasteiger charge is 2.14. The van der Waals surface area contributed by atoms with E-state index in [0.29, 0.717) is 11.3 Å². The van der Waals surface area contributed by atoms with Gasteiger partial charge >= 0.3 is 0 Å². The minimum atomic E-state index is -0.368. The average molecular weight is 270 g/mol. The standard InChI is InChI=1S/C17H15FO2/c18-15-5-2-6-16(10-15)20-11-17(19)14-8-7-12-3-1-4-13(12)9-14/h2,5-10H,1,3-4,11H2. The molecule has 1 aliphatic rings. The lowest BCUT2D eigenvalue weighted by atomic mass is 10.0. The van der Waals surface area contributed by atoms with E-state index < -0.39 is 0 Å². The van der Waals surface area contributed by atoms with Crippen molar-refractivity contribution in [3.63, 3.8) is 0 Å². The average Bonchev–Trinajstić information content (AvgIpc) is 2.92. The van der Waals surface area contributed by atoms with Crippen LogP contribution in [0.4, 0.5) is 4.39 Å². The smallest absolute Gasteiger partial charge is 0.200 e. The van der Waals surface area contributed by atoms with Gasteiger partial charge in [-0.3, -0.25) is 4.79 Å². The Labute approximate surface area is 117 Å². The zero-order valence-corrected chi connectivity index (χ0v) is 11.1. The number of benzene rings is 2. The highest BCUT2D eigenvalue weighted by Crippen LogP contribution is 2.23. The summed E-state index contributed by atoms with van der Waals surface area (Å²) in [6, 6.07) is 11.6. The van der Waals surface area contributed by atoms with Crippen LogP contribution >= 0.6 is 0 Å². The van der Waals surface area contributed by atoms with E-state index in [4.69, 9.17) is 4.74 Å². The number of fused-ring (bicyclic) bond motifs is 1. The molecule has 0 unspecified atom stereocenters. The van der Waals surface area contributed by atoms with Crippen LogP contribution in [-0.4, -0.2) is 12.4 Å². The van der Waals surface area contributed by atoms with Gasteiger partial charge in [0.1, 0.15) is 11.6 Å². The van der Waals surface area contributed by atoms with E-state index in [1.807, 2.05) is 18.2 Å². The first-order chi connectivity index (χ1) is 9.72. The molecule has 0 aliphatic heterocycles. The van der Waals surface area contributed by atoms with Crippen molar-refractivity contribution in [3.05, 3.63) is 65.0 Å². The molecule has 0 aromatic heterocycles. The van der Waals surface area contributed by atoms with Crippen molar-refractivity contribution in [3.8, 4) is 5.75 Å². The van der Waals surface area contributed by atoms with Gasteiger partial charge in [0.15, 0.2) is 12.4 Å². The highest BCUT2D eigenvalue weighted by molar-refractivity contribution is 5.97. The van der Waals surface area contributed by atoms with Crippen molar-refractivity contribution in [2.24, 2.45) is 0 Å². The van der Waals surface area contributed by atoms with E-state index in [-0.39, 0.29) is 18.2 Å². The summed E-state index contributed by atoms with van der Waals surface area (Å²) in [5, 5.41) is 0. The van der Waals surface area contributed by atoms with Gasteiger partial charge in [-0.2, -0.15) is 0 Å². The lowest BCUT2D eigenvalue weighted by Gasteiger charge is -2.07. The van der Waals surface area contributed by atoms with Gasteiger partial charge in [0.05, 0.1) is 0 Å². The summed E-state index contributed by atoms with van der Waals surface area (Å²) in [5.74, 6) is -0.0732. The van der Waals surface area contributed by atoms with Crippen LogP contribution < -0.4 is 4.74 Å². The summed E-state index contributed by atoms with van der Waals surface area (Å²) in [6.45, 7) is -0.0672. The number of hydrogen-bond donors (Lipinski definition) is 0. The summed E-state index contributed by atoms with van der Waals surface area (Å²) in [7, 11) is 0. The molecule has 0 saturated heterocycles. The van der Waals surface area contributed by atoms with Crippen molar-refractivity contribution in [1.29, 1.82) is 0 Å². The Morgan fingerprint density at radius 2 is 1.95 bits per heavy atom. The number of ether oxygens (including phenoxy) is 1. The Kier molecular flexibility index (Phi) is 3.50. The molecule has 0 N–H and O–H groups in total. The normalized spacial score (nSPS) is 13.1.